The number of rotatable bonds is 3. The summed E-state index contributed by atoms with van der Waals surface area (Å²) in [5.74, 6) is 0. The molecule has 0 saturated carbocycles. The third kappa shape index (κ3) is 2.64. The minimum Gasteiger partial charge on any atom is -0.450 e. The average Bonchev–Trinajstić information content (AvgIpc) is 2.99. The highest BCUT2D eigenvalue weighted by Gasteiger charge is 2.69. The van der Waals surface area contributed by atoms with Crippen molar-refractivity contribution in [1.82, 2.24) is 4.90 Å². The third-order valence-electron chi connectivity index (χ3n) is 7.43. The minimum atomic E-state index is -0.800. The lowest BCUT2D eigenvalue weighted by Gasteiger charge is -2.55. The molecule has 1 saturated heterocycles. The number of benzene rings is 3. The van der Waals surface area contributed by atoms with E-state index in [1.54, 1.807) is 0 Å². The lowest BCUT2D eigenvalue weighted by molar-refractivity contribution is -0.211. The molecule has 6 rings (SSSR count). The number of nitrogens with zero attached hydrogens (tertiary/aromatic N) is 1. The van der Waals surface area contributed by atoms with Gasteiger partial charge in [-0.3, -0.25) is 4.90 Å². The Labute approximate surface area is 194 Å². The van der Waals surface area contributed by atoms with Gasteiger partial charge in [0.15, 0.2) is 0 Å². The van der Waals surface area contributed by atoms with Crippen LogP contribution in [0.3, 0.4) is 0 Å². The number of carbonyl (C=O) groups is 1. The summed E-state index contributed by atoms with van der Waals surface area (Å²) < 4.78 is 13.1. The van der Waals surface area contributed by atoms with Crippen molar-refractivity contribution in [3.05, 3.63) is 119 Å². The molecule has 4 heteroatoms. The van der Waals surface area contributed by atoms with Crippen LogP contribution in [0.25, 0.3) is 0 Å². The summed E-state index contributed by atoms with van der Waals surface area (Å²) in [7, 11) is 0. The van der Waals surface area contributed by atoms with Gasteiger partial charge >= 0.3 is 6.09 Å². The highest BCUT2D eigenvalue weighted by Crippen LogP contribution is 2.63. The molecule has 0 radical (unpaired) electrons. The molecule has 3 aromatic rings. The van der Waals surface area contributed by atoms with E-state index in [4.69, 9.17) is 9.47 Å². The number of fused-ring (bicyclic) bond motifs is 9. The van der Waals surface area contributed by atoms with Crippen molar-refractivity contribution in [2.24, 2.45) is 0 Å². The fraction of sp³-hybridized carbons (Fsp3) is 0.276. The van der Waals surface area contributed by atoms with Crippen molar-refractivity contribution < 1.29 is 14.3 Å². The molecule has 0 aliphatic carbocycles. The Morgan fingerprint density at radius 3 is 1.73 bits per heavy atom. The van der Waals surface area contributed by atoms with Gasteiger partial charge < -0.3 is 9.47 Å². The smallest absolute Gasteiger partial charge is 0.410 e. The Morgan fingerprint density at radius 1 is 0.818 bits per heavy atom. The second-order valence-corrected chi connectivity index (χ2v) is 8.93. The van der Waals surface area contributed by atoms with Crippen molar-refractivity contribution in [1.29, 1.82) is 0 Å². The molecular formula is C29H27NO3. The quantitative estimate of drug-likeness (QED) is 0.489. The van der Waals surface area contributed by atoms with Gasteiger partial charge in [-0.2, -0.15) is 0 Å². The van der Waals surface area contributed by atoms with Crippen LogP contribution in [0.15, 0.2) is 97.1 Å². The fourth-order valence-electron chi connectivity index (χ4n) is 6.25. The maximum atomic E-state index is 13.6. The van der Waals surface area contributed by atoms with Gasteiger partial charge in [0.25, 0.3) is 0 Å². The number of hydrogen-bond acceptors (Lipinski definition) is 3. The molecule has 1 amide bonds. The number of morpholine rings is 1. The zero-order valence-corrected chi connectivity index (χ0v) is 18.7. The van der Waals surface area contributed by atoms with Gasteiger partial charge in [0.1, 0.15) is 11.2 Å². The van der Waals surface area contributed by atoms with E-state index in [1.165, 1.54) is 0 Å². The Bertz CT molecular complexity index is 1120. The van der Waals surface area contributed by atoms with Crippen molar-refractivity contribution in [3.63, 3.8) is 0 Å². The number of amides is 1. The molecule has 0 N–H and O–H groups in total. The number of ether oxygens (including phenoxy) is 2. The first-order valence-corrected chi connectivity index (χ1v) is 11.7. The maximum Gasteiger partial charge on any atom is 0.410 e. The molecule has 3 aromatic carbocycles. The number of hydrogen-bond donors (Lipinski definition) is 0. The summed E-state index contributed by atoms with van der Waals surface area (Å²) in [5, 5.41) is 0. The van der Waals surface area contributed by atoms with Crippen LogP contribution in [-0.4, -0.2) is 29.7 Å². The first kappa shape index (κ1) is 20.3. The maximum absolute atomic E-state index is 13.6. The highest BCUT2D eigenvalue weighted by atomic mass is 16.6. The predicted molar refractivity (Wildman–Crippen MR) is 127 cm³/mol. The molecule has 33 heavy (non-hydrogen) atoms. The zero-order chi connectivity index (χ0) is 22.5. The molecule has 3 heterocycles. The van der Waals surface area contributed by atoms with Crippen molar-refractivity contribution in [2.75, 3.05) is 6.61 Å². The van der Waals surface area contributed by atoms with Crippen LogP contribution in [0.2, 0.25) is 0 Å². The van der Waals surface area contributed by atoms with Crippen LogP contribution in [0, 0.1) is 0 Å². The molecule has 4 nitrogen and oxygen atoms in total. The van der Waals surface area contributed by atoms with E-state index in [1.807, 2.05) is 48.2 Å². The highest BCUT2D eigenvalue weighted by molar-refractivity contribution is 5.72. The SMILES string of the molecule is CCOC(=O)N1[C@@H]2CC=CC[C@@H]1[C@@]1(c3ccccc3)O[C@@]2(c2ccccc2)c2ccccc21. The van der Waals surface area contributed by atoms with E-state index in [2.05, 4.69) is 60.7 Å². The van der Waals surface area contributed by atoms with Crippen LogP contribution < -0.4 is 0 Å². The largest absolute Gasteiger partial charge is 0.450 e. The van der Waals surface area contributed by atoms with Gasteiger partial charge in [0, 0.05) is 0 Å². The van der Waals surface area contributed by atoms with Gasteiger partial charge in [0.2, 0.25) is 0 Å². The van der Waals surface area contributed by atoms with Gasteiger partial charge in [-0.1, -0.05) is 97.1 Å². The Hall–Kier alpha value is -3.37. The van der Waals surface area contributed by atoms with E-state index in [0.29, 0.717) is 19.4 Å². The van der Waals surface area contributed by atoms with Gasteiger partial charge in [-0.25, -0.2) is 4.79 Å². The molecular weight excluding hydrogens is 410 g/mol. The fourth-order valence-corrected chi connectivity index (χ4v) is 6.25. The molecule has 3 aliphatic rings. The Balaban J connectivity index is 1.72. The normalized spacial score (nSPS) is 29.3. The standard InChI is InChI=1S/C29H27NO3/c1-2-32-27(31)30-25-19-11-12-20-26(30)29(22-15-7-4-8-16-22)24-18-10-9-17-23(24)28(25,33-29)21-13-5-3-6-14-21/h3-18,25-26H,2,19-20H2,1H3/t25-,26-,28+,29+/m1/s1. The summed E-state index contributed by atoms with van der Waals surface area (Å²) >= 11 is 0. The van der Waals surface area contributed by atoms with Crippen molar-refractivity contribution in [2.45, 2.75) is 43.1 Å². The Kier molecular flexibility index (Phi) is 4.66. The third-order valence-corrected chi connectivity index (χ3v) is 7.43. The molecule has 4 bridgehead atoms. The summed E-state index contributed by atoms with van der Waals surface area (Å²) in [6.45, 7) is 2.20. The molecule has 0 spiro atoms. The summed E-state index contributed by atoms with van der Waals surface area (Å²) in [5.41, 5.74) is 2.79. The summed E-state index contributed by atoms with van der Waals surface area (Å²) in [4.78, 5) is 15.6. The topological polar surface area (TPSA) is 38.8 Å². The second-order valence-electron chi connectivity index (χ2n) is 8.93. The van der Waals surface area contributed by atoms with Crippen molar-refractivity contribution >= 4 is 6.09 Å². The molecule has 166 valence electrons. The monoisotopic (exact) mass is 437 g/mol. The summed E-state index contributed by atoms with van der Waals surface area (Å²) in [6, 6.07) is 28.8. The molecule has 0 aromatic heterocycles. The van der Waals surface area contributed by atoms with Crippen molar-refractivity contribution in [3.8, 4) is 0 Å². The second kappa shape index (κ2) is 7.60. The van der Waals surface area contributed by atoms with Crippen LogP contribution in [0.1, 0.15) is 42.0 Å². The van der Waals surface area contributed by atoms with E-state index >= 15 is 0 Å². The number of carbonyl (C=O) groups excluding carboxylic acids is 1. The zero-order valence-electron chi connectivity index (χ0n) is 18.7. The first-order valence-electron chi connectivity index (χ1n) is 11.7. The van der Waals surface area contributed by atoms with Gasteiger partial charge in [0.05, 0.1) is 18.7 Å². The average molecular weight is 438 g/mol. The van der Waals surface area contributed by atoms with E-state index in [0.717, 1.165) is 22.3 Å². The van der Waals surface area contributed by atoms with E-state index in [-0.39, 0.29) is 18.2 Å². The van der Waals surface area contributed by atoms with Crippen LogP contribution in [0.5, 0.6) is 0 Å². The molecule has 1 fully saturated rings. The lowest BCUT2D eigenvalue weighted by atomic mass is 9.77. The molecule has 3 aliphatic heterocycles. The van der Waals surface area contributed by atoms with Gasteiger partial charge in [-0.15, -0.1) is 0 Å². The predicted octanol–water partition coefficient (Wildman–Crippen LogP) is 5.76. The van der Waals surface area contributed by atoms with Crippen LogP contribution in [-0.2, 0) is 20.7 Å². The Morgan fingerprint density at radius 2 is 1.27 bits per heavy atom. The lowest BCUT2D eigenvalue weighted by Crippen LogP contribution is -2.66. The summed E-state index contributed by atoms with van der Waals surface area (Å²) in [6.07, 6.45) is 5.53. The van der Waals surface area contributed by atoms with Crippen LogP contribution >= 0.6 is 0 Å². The van der Waals surface area contributed by atoms with Gasteiger partial charge in [-0.05, 0) is 42.0 Å². The molecule has 4 atom stereocenters. The first-order chi connectivity index (χ1) is 16.2. The van der Waals surface area contributed by atoms with Crippen LogP contribution in [0.4, 0.5) is 4.79 Å². The minimum absolute atomic E-state index is 0.219. The van der Waals surface area contributed by atoms with E-state index < -0.39 is 11.2 Å². The van der Waals surface area contributed by atoms with E-state index in [9.17, 15) is 4.79 Å². The molecule has 0 unspecified atom stereocenters.